The maximum absolute atomic E-state index is 12.8. The first-order chi connectivity index (χ1) is 14.5. The Morgan fingerprint density at radius 1 is 1.03 bits per heavy atom. The molecule has 0 aliphatic heterocycles. The van der Waals surface area contributed by atoms with Crippen LogP contribution in [0.4, 0.5) is 0 Å². The van der Waals surface area contributed by atoms with Gasteiger partial charge >= 0.3 is 5.69 Å². The number of benzene rings is 1. The molecular weight excluding hydrogens is 388 g/mol. The maximum Gasteiger partial charge on any atom is 0.332 e. The van der Waals surface area contributed by atoms with Crippen LogP contribution in [-0.4, -0.2) is 39.7 Å². The lowest BCUT2D eigenvalue weighted by Crippen LogP contribution is -2.39. The molecular formula is C21H26N4O5. The first-order valence-electron chi connectivity index (χ1n) is 9.64. The van der Waals surface area contributed by atoms with Gasteiger partial charge in [0.2, 0.25) is 0 Å². The first-order valence-corrected chi connectivity index (χ1v) is 9.64. The van der Waals surface area contributed by atoms with Crippen LogP contribution in [0.25, 0.3) is 23.3 Å². The van der Waals surface area contributed by atoms with Crippen LogP contribution in [0.15, 0.2) is 27.8 Å². The highest BCUT2D eigenvalue weighted by molar-refractivity contribution is 5.77. The van der Waals surface area contributed by atoms with Crippen molar-refractivity contribution >= 4 is 23.3 Å². The quantitative estimate of drug-likeness (QED) is 0.525. The van der Waals surface area contributed by atoms with E-state index in [9.17, 15) is 9.59 Å². The summed E-state index contributed by atoms with van der Waals surface area (Å²) in [5.41, 5.74) is 0.974. The second kappa shape index (κ2) is 9.00. The summed E-state index contributed by atoms with van der Waals surface area (Å²) >= 11 is 0. The lowest BCUT2D eigenvalue weighted by atomic mass is 10.2. The molecule has 0 saturated carbocycles. The Balaban J connectivity index is 2.05. The molecule has 160 valence electrons. The number of fused-ring (bicyclic) bond motifs is 1. The third kappa shape index (κ3) is 3.76. The van der Waals surface area contributed by atoms with Crippen molar-refractivity contribution < 1.29 is 14.2 Å². The molecule has 0 spiro atoms. The molecule has 0 atom stereocenters. The van der Waals surface area contributed by atoms with Crippen molar-refractivity contribution in [1.82, 2.24) is 18.7 Å². The number of aryl methyl sites for hydroxylation is 2. The predicted octanol–water partition coefficient (Wildman–Crippen LogP) is 2.10. The summed E-state index contributed by atoms with van der Waals surface area (Å²) in [7, 11) is 4.88. The monoisotopic (exact) mass is 414 g/mol. The normalized spacial score (nSPS) is 11.5. The van der Waals surface area contributed by atoms with Crippen molar-refractivity contribution in [3.63, 3.8) is 0 Å². The first kappa shape index (κ1) is 21.4. The number of imidazole rings is 1. The Labute approximate surface area is 173 Å². The summed E-state index contributed by atoms with van der Waals surface area (Å²) in [6.07, 6.45) is 3.65. The van der Waals surface area contributed by atoms with Gasteiger partial charge in [0.1, 0.15) is 5.82 Å². The van der Waals surface area contributed by atoms with Gasteiger partial charge in [-0.25, -0.2) is 9.78 Å². The molecule has 2 heterocycles. The zero-order chi connectivity index (χ0) is 21.8. The van der Waals surface area contributed by atoms with Crippen molar-refractivity contribution in [1.29, 1.82) is 0 Å². The van der Waals surface area contributed by atoms with Crippen molar-refractivity contribution in [2.75, 3.05) is 21.0 Å². The maximum atomic E-state index is 12.8. The van der Waals surface area contributed by atoms with Gasteiger partial charge in [0.05, 0.1) is 7.11 Å². The van der Waals surface area contributed by atoms with Gasteiger partial charge in [0, 0.05) is 27.2 Å². The van der Waals surface area contributed by atoms with E-state index in [4.69, 9.17) is 14.2 Å². The van der Waals surface area contributed by atoms with E-state index in [1.807, 2.05) is 25.1 Å². The summed E-state index contributed by atoms with van der Waals surface area (Å²) < 4.78 is 20.2. The summed E-state index contributed by atoms with van der Waals surface area (Å²) in [4.78, 5) is 29.9. The molecule has 0 aliphatic carbocycles. The highest BCUT2D eigenvalue weighted by Gasteiger charge is 2.17. The van der Waals surface area contributed by atoms with Crippen LogP contribution in [0.1, 0.15) is 25.2 Å². The van der Waals surface area contributed by atoms with Crippen LogP contribution in [-0.2, 0) is 24.9 Å². The minimum atomic E-state index is -0.345. The Kier molecular flexibility index (Phi) is 6.41. The molecule has 1 aromatic carbocycles. The van der Waals surface area contributed by atoms with E-state index < -0.39 is 0 Å². The van der Waals surface area contributed by atoms with Crippen molar-refractivity contribution in [3.8, 4) is 11.5 Å². The molecule has 3 rings (SSSR count). The number of methoxy groups -OCH3 is 2. The zero-order valence-electron chi connectivity index (χ0n) is 17.8. The Morgan fingerprint density at radius 2 is 1.77 bits per heavy atom. The van der Waals surface area contributed by atoms with Gasteiger partial charge in [0.25, 0.3) is 5.56 Å². The summed E-state index contributed by atoms with van der Waals surface area (Å²) in [5, 5.41) is 0. The smallest absolute Gasteiger partial charge is 0.332 e. The minimum absolute atomic E-state index is 0.125. The number of hydrogen-bond donors (Lipinski definition) is 0. The van der Waals surface area contributed by atoms with Crippen molar-refractivity contribution in [2.45, 2.75) is 26.9 Å². The second-order valence-corrected chi connectivity index (χ2v) is 6.57. The van der Waals surface area contributed by atoms with Crippen molar-refractivity contribution in [3.05, 3.63) is 50.4 Å². The molecule has 0 aliphatic rings. The lowest BCUT2D eigenvalue weighted by Gasteiger charge is -2.10. The second-order valence-electron chi connectivity index (χ2n) is 6.57. The largest absolute Gasteiger partial charge is 0.493 e. The molecule has 0 amide bonds. The van der Waals surface area contributed by atoms with E-state index in [1.165, 1.54) is 9.13 Å². The zero-order valence-corrected chi connectivity index (χ0v) is 17.8. The number of nitrogens with zero attached hydrogens (tertiary/aromatic N) is 4. The summed E-state index contributed by atoms with van der Waals surface area (Å²) in [6, 6.07) is 5.50. The average molecular weight is 414 g/mol. The van der Waals surface area contributed by atoms with Crippen LogP contribution < -0.4 is 20.7 Å². The molecule has 3 aromatic rings. The van der Waals surface area contributed by atoms with Gasteiger partial charge in [-0.05, 0) is 37.6 Å². The minimum Gasteiger partial charge on any atom is -0.493 e. The summed E-state index contributed by atoms with van der Waals surface area (Å²) in [5.74, 6) is 1.72. The van der Waals surface area contributed by atoms with Crippen LogP contribution in [0.2, 0.25) is 0 Å². The Bertz CT molecular complexity index is 1200. The SMILES string of the molecule is CCn1c(=O)c2c(nc(C=Cc3ccc(OCOC)c(OC)c3)n2C)n(CC)c1=O. The molecule has 9 heteroatoms. The van der Waals surface area contributed by atoms with E-state index in [-0.39, 0.29) is 18.0 Å². The fraction of sp³-hybridized carbons (Fsp3) is 0.381. The predicted molar refractivity (Wildman–Crippen MR) is 115 cm³/mol. The van der Waals surface area contributed by atoms with Crippen LogP contribution >= 0.6 is 0 Å². The summed E-state index contributed by atoms with van der Waals surface area (Å²) in [6.45, 7) is 4.49. The van der Waals surface area contributed by atoms with Crippen LogP contribution in [0, 0.1) is 0 Å². The van der Waals surface area contributed by atoms with E-state index in [2.05, 4.69) is 4.98 Å². The van der Waals surface area contributed by atoms with E-state index in [0.717, 1.165) is 5.56 Å². The fourth-order valence-corrected chi connectivity index (χ4v) is 3.29. The van der Waals surface area contributed by atoms with Crippen LogP contribution in [0.5, 0.6) is 11.5 Å². The number of aromatic nitrogens is 4. The molecule has 0 unspecified atom stereocenters. The standard InChI is InChI=1S/C21H26N4O5/c1-6-24-19-18(20(26)25(7-2)21(24)27)23(3)17(22-19)11-9-14-8-10-15(30-13-28-4)16(12-14)29-5/h8-12H,6-7,13H2,1-5H3. The van der Waals surface area contributed by atoms with Crippen molar-refractivity contribution in [2.24, 2.45) is 7.05 Å². The van der Waals surface area contributed by atoms with Gasteiger partial charge < -0.3 is 18.8 Å². The Hall–Kier alpha value is -3.33. The molecule has 0 saturated heterocycles. The molecule has 0 radical (unpaired) electrons. The topological polar surface area (TPSA) is 89.5 Å². The molecule has 0 fully saturated rings. The van der Waals surface area contributed by atoms with E-state index in [0.29, 0.717) is 41.6 Å². The highest BCUT2D eigenvalue weighted by Crippen LogP contribution is 2.28. The highest BCUT2D eigenvalue weighted by atomic mass is 16.7. The molecule has 0 N–H and O–H groups in total. The van der Waals surface area contributed by atoms with Crippen LogP contribution in [0.3, 0.4) is 0 Å². The lowest BCUT2D eigenvalue weighted by molar-refractivity contribution is 0.0491. The number of ether oxygens (including phenoxy) is 3. The third-order valence-electron chi connectivity index (χ3n) is 4.85. The Morgan fingerprint density at radius 3 is 2.40 bits per heavy atom. The number of hydrogen-bond acceptors (Lipinski definition) is 6. The number of rotatable bonds is 8. The molecule has 30 heavy (non-hydrogen) atoms. The molecule has 2 aromatic heterocycles. The molecule has 9 nitrogen and oxygen atoms in total. The van der Waals surface area contributed by atoms with E-state index in [1.54, 1.807) is 44.9 Å². The van der Waals surface area contributed by atoms with E-state index >= 15 is 0 Å². The molecule has 0 bridgehead atoms. The van der Waals surface area contributed by atoms with Gasteiger partial charge in [0.15, 0.2) is 29.5 Å². The van der Waals surface area contributed by atoms with Gasteiger partial charge in [-0.1, -0.05) is 12.1 Å². The fourth-order valence-electron chi connectivity index (χ4n) is 3.29. The van der Waals surface area contributed by atoms with Gasteiger partial charge in [-0.3, -0.25) is 13.9 Å². The third-order valence-corrected chi connectivity index (χ3v) is 4.85. The van der Waals surface area contributed by atoms with Gasteiger partial charge in [-0.15, -0.1) is 0 Å². The van der Waals surface area contributed by atoms with Gasteiger partial charge in [-0.2, -0.15) is 0 Å². The average Bonchev–Trinajstić information content (AvgIpc) is 3.07.